The number of rotatable bonds is 5. The van der Waals surface area contributed by atoms with Crippen molar-refractivity contribution in [3.8, 4) is 0 Å². The van der Waals surface area contributed by atoms with E-state index < -0.39 is 0 Å². The van der Waals surface area contributed by atoms with E-state index in [0.717, 1.165) is 5.56 Å². The third-order valence-electron chi connectivity index (χ3n) is 3.48. The van der Waals surface area contributed by atoms with Gasteiger partial charge in [0.05, 0.1) is 11.9 Å². The highest BCUT2D eigenvalue weighted by Crippen LogP contribution is 2.15. The van der Waals surface area contributed by atoms with Crippen molar-refractivity contribution in [3.05, 3.63) is 47.3 Å². The van der Waals surface area contributed by atoms with E-state index >= 15 is 0 Å². The van der Waals surface area contributed by atoms with E-state index in [1.165, 1.54) is 11.8 Å². The predicted molar refractivity (Wildman–Crippen MR) is 84.0 cm³/mol. The van der Waals surface area contributed by atoms with Crippen LogP contribution in [-0.4, -0.2) is 15.7 Å². The Morgan fingerprint density at radius 3 is 2.57 bits per heavy atom. The third kappa shape index (κ3) is 3.42. The van der Waals surface area contributed by atoms with Crippen LogP contribution in [-0.2, 0) is 13.1 Å². The summed E-state index contributed by atoms with van der Waals surface area (Å²) in [5.74, 6) is 0.312. The molecule has 0 radical (unpaired) electrons. The maximum Gasteiger partial charge on any atom is 0.271 e. The van der Waals surface area contributed by atoms with Gasteiger partial charge in [-0.3, -0.25) is 9.48 Å². The molecule has 0 unspecified atom stereocenters. The molecule has 1 amide bonds. The van der Waals surface area contributed by atoms with Gasteiger partial charge in [0, 0.05) is 13.1 Å². The summed E-state index contributed by atoms with van der Waals surface area (Å²) in [7, 11) is 0. The number of benzene rings is 1. The van der Waals surface area contributed by atoms with Gasteiger partial charge in [-0.1, -0.05) is 38.1 Å². The summed E-state index contributed by atoms with van der Waals surface area (Å²) >= 11 is 0. The SMILES string of the molecule is CCn1ncc(N)c1C(=O)NCc1ccc(C(C)C)cc1. The van der Waals surface area contributed by atoms with Gasteiger partial charge >= 0.3 is 0 Å². The Morgan fingerprint density at radius 2 is 2.00 bits per heavy atom. The smallest absolute Gasteiger partial charge is 0.271 e. The Morgan fingerprint density at radius 1 is 1.33 bits per heavy atom. The van der Waals surface area contributed by atoms with Crippen molar-refractivity contribution in [2.45, 2.75) is 39.8 Å². The average molecular weight is 286 g/mol. The van der Waals surface area contributed by atoms with Gasteiger partial charge in [-0.05, 0) is 24.0 Å². The molecule has 1 aromatic heterocycles. The van der Waals surface area contributed by atoms with Crippen LogP contribution in [0.5, 0.6) is 0 Å². The summed E-state index contributed by atoms with van der Waals surface area (Å²) in [6.45, 7) is 7.33. The first-order chi connectivity index (χ1) is 10.0. The number of hydrogen-bond acceptors (Lipinski definition) is 3. The first kappa shape index (κ1) is 15.1. The molecule has 0 saturated carbocycles. The molecule has 1 aromatic carbocycles. The maximum absolute atomic E-state index is 12.2. The third-order valence-corrected chi connectivity index (χ3v) is 3.48. The Bertz CT molecular complexity index is 614. The molecule has 0 spiro atoms. The molecule has 0 atom stereocenters. The summed E-state index contributed by atoms with van der Waals surface area (Å²) in [4.78, 5) is 12.2. The summed E-state index contributed by atoms with van der Waals surface area (Å²) in [6, 6.07) is 8.26. The average Bonchev–Trinajstić information content (AvgIpc) is 2.86. The van der Waals surface area contributed by atoms with E-state index in [-0.39, 0.29) is 5.91 Å². The minimum atomic E-state index is -0.195. The van der Waals surface area contributed by atoms with Crippen molar-refractivity contribution in [1.29, 1.82) is 0 Å². The fourth-order valence-corrected chi connectivity index (χ4v) is 2.17. The number of anilines is 1. The second-order valence-corrected chi connectivity index (χ2v) is 5.34. The lowest BCUT2D eigenvalue weighted by atomic mass is 10.0. The Kier molecular flexibility index (Phi) is 4.62. The lowest BCUT2D eigenvalue weighted by Crippen LogP contribution is -2.26. The number of aryl methyl sites for hydroxylation is 1. The number of carbonyl (C=O) groups is 1. The van der Waals surface area contributed by atoms with Crippen LogP contribution in [0.1, 0.15) is 48.3 Å². The highest BCUT2D eigenvalue weighted by atomic mass is 16.2. The van der Waals surface area contributed by atoms with Crippen molar-refractivity contribution in [3.63, 3.8) is 0 Å². The molecule has 112 valence electrons. The molecule has 0 fully saturated rings. The van der Waals surface area contributed by atoms with Crippen LogP contribution < -0.4 is 11.1 Å². The van der Waals surface area contributed by atoms with E-state index in [2.05, 4.69) is 36.4 Å². The zero-order valence-electron chi connectivity index (χ0n) is 12.8. The molecule has 0 bridgehead atoms. The van der Waals surface area contributed by atoms with Gasteiger partial charge < -0.3 is 11.1 Å². The monoisotopic (exact) mass is 286 g/mol. The highest BCUT2D eigenvalue weighted by molar-refractivity contribution is 5.97. The quantitative estimate of drug-likeness (QED) is 0.887. The molecule has 1 heterocycles. The molecule has 5 heteroatoms. The molecular weight excluding hydrogens is 264 g/mol. The topological polar surface area (TPSA) is 72.9 Å². The number of nitrogens with two attached hydrogens (primary N) is 1. The van der Waals surface area contributed by atoms with Gasteiger partial charge in [-0.25, -0.2) is 0 Å². The number of amides is 1. The van der Waals surface area contributed by atoms with Crippen molar-refractivity contribution < 1.29 is 4.79 Å². The predicted octanol–water partition coefficient (Wildman–Crippen LogP) is 2.54. The zero-order chi connectivity index (χ0) is 15.4. The molecule has 3 N–H and O–H groups in total. The van der Waals surface area contributed by atoms with E-state index in [1.54, 1.807) is 4.68 Å². The number of nitrogens with one attached hydrogen (secondary N) is 1. The molecule has 2 aromatic rings. The van der Waals surface area contributed by atoms with Gasteiger partial charge in [0.1, 0.15) is 5.69 Å². The zero-order valence-corrected chi connectivity index (χ0v) is 12.8. The summed E-state index contributed by atoms with van der Waals surface area (Å²) < 4.78 is 1.60. The second kappa shape index (κ2) is 6.43. The van der Waals surface area contributed by atoms with Crippen molar-refractivity contribution in [1.82, 2.24) is 15.1 Å². The van der Waals surface area contributed by atoms with Crippen LogP contribution in [0.2, 0.25) is 0 Å². The van der Waals surface area contributed by atoms with E-state index in [9.17, 15) is 4.79 Å². The largest absolute Gasteiger partial charge is 0.396 e. The minimum absolute atomic E-state index is 0.195. The molecule has 21 heavy (non-hydrogen) atoms. The normalized spacial score (nSPS) is 10.9. The number of aromatic nitrogens is 2. The van der Waals surface area contributed by atoms with Crippen LogP contribution in [0, 0.1) is 0 Å². The molecule has 2 rings (SSSR count). The van der Waals surface area contributed by atoms with Crippen LogP contribution in [0.25, 0.3) is 0 Å². The van der Waals surface area contributed by atoms with Gasteiger partial charge in [0.25, 0.3) is 5.91 Å². The Hall–Kier alpha value is -2.30. The van der Waals surface area contributed by atoms with Gasteiger partial charge in [-0.15, -0.1) is 0 Å². The van der Waals surface area contributed by atoms with Crippen molar-refractivity contribution >= 4 is 11.6 Å². The molecule has 0 aliphatic rings. The fraction of sp³-hybridized carbons (Fsp3) is 0.375. The van der Waals surface area contributed by atoms with Crippen LogP contribution in [0.3, 0.4) is 0 Å². The number of hydrogen-bond donors (Lipinski definition) is 2. The lowest BCUT2D eigenvalue weighted by Gasteiger charge is -2.09. The molecular formula is C16H22N4O. The summed E-state index contributed by atoms with van der Waals surface area (Å²) in [6.07, 6.45) is 1.51. The number of nitrogens with zero attached hydrogens (tertiary/aromatic N) is 2. The first-order valence-electron chi connectivity index (χ1n) is 7.21. The van der Waals surface area contributed by atoms with Gasteiger partial charge in [-0.2, -0.15) is 5.10 Å². The van der Waals surface area contributed by atoms with Crippen LogP contribution >= 0.6 is 0 Å². The lowest BCUT2D eigenvalue weighted by molar-refractivity contribution is 0.0941. The number of carbonyl (C=O) groups excluding carboxylic acids is 1. The van der Waals surface area contributed by atoms with Crippen molar-refractivity contribution in [2.24, 2.45) is 0 Å². The standard InChI is InChI=1S/C16H22N4O/c1-4-20-15(14(17)10-19-20)16(21)18-9-12-5-7-13(8-6-12)11(2)3/h5-8,10-11H,4,9,17H2,1-3H3,(H,18,21). The Labute approximate surface area is 125 Å². The van der Waals surface area contributed by atoms with Gasteiger partial charge in [0.2, 0.25) is 0 Å². The van der Waals surface area contributed by atoms with Crippen LogP contribution in [0.4, 0.5) is 5.69 Å². The molecule has 0 aliphatic carbocycles. The molecule has 0 aliphatic heterocycles. The maximum atomic E-state index is 12.2. The second-order valence-electron chi connectivity index (χ2n) is 5.34. The Balaban J connectivity index is 2.02. The molecule has 5 nitrogen and oxygen atoms in total. The molecule has 0 saturated heterocycles. The minimum Gasteiger partial charge on any atom is -0.396 e. The van der Waals surface area contributed by atoms with E-state index in [4.69, 9.17) is 5.73 Å². The van der Waals surface area contributed by atoms with Gasteiger partial charge in [0.15, 0.2) is 0 Å². The van der Waals surface area contributed by atoms with Crippen molar-refractivity contribution in [2.75, 3.05) is 5.73 Å². The number of nitrogen functional groups attached to an aromatic ring is 1. The van der Waals surface area contributed by atoms with E-state index in [0.29, 0.717) is 30.4 Å². The summed E-state index contributed by atoms with van der Waals surface area (Å²) in [5, 5.41) is 6.96. The highest BCUT2D eigenvalue weighted by Gasteiger charge is 2.15. The fourth-order valence-electron chi connectivity index (χ4n) is 2.17. The van der Waals surface area contributed by atoms with Crippen LogP contribution in [0.15, 0.2) is 30.5 Å². The van der Waals surface area contributed by atoms with E-state index in [1.807, 2.05) is 19.1 Å². The summed E-state index contributed by atoms with van der Waals surface area (Å²) in [5.41, 5.74) is 8.98. The first-order valence-corrected chi connectivity index (χ1v) is 7.21.